The van der Waals surface area contributed by atoms with Crippen LogP contribution in [0.2, 0.25) is 5.02 Å². The smallest absolute Gasteiger partial charge is 0.271 e. The van der Waals surface area contributed by atoms with Gasteiger partial charge in [0.05, 0.1) is 6.04 Å². The zero-order valence-corrected chi connectivity index (χ0v) is 12.0. The Kier molecular flexibility index (Phi) is 4.52. The first-order valence-corrected chi connectivity index (χ1v) is 7.06. The van der Waals surface area contributed by atoms with Crippen LogP contribution in [0, 0.1) is 0 Å². The predicted octanol–water partition coefficient (Wildman–Crippen LogP) is 2.75. The Morgan fingerprint density at radius 3 is 2.74 bits per heavy atom. The molecule has 100 valence electrons. The minimum atomic E-state index is -0.196. The first-order valence-electron chi connectivity index (χ1n) is 5.81. The van der Waals surface area contributed by atoms with Gasteiger partial charge in [0.25, 0.3) is 5.91 Å². The number of aromatic nitrogens is 1. The summed E-state index contributed by atoms with van der Waals surface area (Å²) in [6, 6.07) is 7.27. The van der Waals surface area contributed by atoms with E-state index in [1.807, 2.05) is 19.1 Å². The summed E-state index contributed by atoms with van der Waals surface area (Å²) in [6.45, 7) is 2.27. The van der Waals surface area contributed by atoms with Crippen molar-refractivity contribution in [3.63, 3.8) is 0 Å². The number of thiazole rings is 1. The Hall–Kier alpha value is -1.43. The minimum Gasteiger partial charge on any atom is -0.344 e. The molecule has 0 spiro atoms. The molecule has 2 aromatic rings. The lowest BCUT2D eigenvalue weighted by Crippen LogP contribution is -2.26. The summed E-state index contributed by atoms with van der Waals surface area (Å²) < 4.78 is 0. The lowest BCUT2D eigenvalue weighted by atomic mass is 10.1. The summed E-state index contributed by atoms with van der Waals surface area (Å²) in [7, 11) is 0. The van der Waals surface area contributed by atoms with Crippen LogP contribution >= 0.6 is 22.9 Å². The summed E-state index contributed by atoms with van der Waals surface area (Å²) in [4.78, 5) is 16.1. The third-order valence-corrected chi connectivity index (χ3v) is 3.80. The summed E-state index contributed by atoms with van der Waals surface area (Å²) in [5.41, 5.74) is 6.87. The number of carbonyl (C=O) groups is 1. The second kappa shape index (κ2) is 6.14. The van der Waals surface area contributed by atoms with Gasteiger partial charge < -0.3 is 11.1 Å². The molecule has 0 saturated carbocycles. The number of nitrogens with two attached hydrogens (primary N) is 1. The van der Waals surface area contributed by atoms with Gasteiger partial charge in [-0.3, -0.25) is 4.79 Å². The van der Waals surface area contributed by atoms with Gasteiger partial charge in [-0.1, -0.05) is 23.7 Å². The molecule has 2 rings (SSSR count). The van der Waals surface area contributed by atoms with E-state index in [1.54, 1.807) is 17.5 Å². The standard InChI is InChI=1S/C13H14ClN3OS/c1-8(9-2-4-10(14)5-3-9)16-13(18)11-7-19-12(6-15)17-11/h2-5,7-8H,6,15H2,1H3,(H,16,18). The Labute approximate surface area is 120 Å². The van der Waals surface area contributed by atoms with Crippen molar-refractivity contribution in [3.8, 4) is 0 Å². The van der Waals surface area contributed by atoms with E-state index in [0.717, 1.165) is 10.6 Å². The zero-order chi connectivity index (χ0) is 13.8. The van der Waals surface area contributed by atoms with Crippen LogP contribution in [-0.4, -0.2) is 10.9 Å². The van der Waals surface area contributed by atoms with Crippen molar-refractivity contribution in [3.05, 3.63) is 50.9 Å². The number of rotatable bonds is 4. The molecule has 0 bridgehead atoms. The van der Waals surface area contributed by atoms with Crippen LogP contribution < -0.4 is 11.1 Å². The number of nitrogens with one attached hydrogen (secondary N) is 1. The normalized spacial score (nSPS) is 12.2. The Balaban J connectivity index is 2.04. The van der Waals surface area contributed by atoms with Gasteiger partial charge >= 0.3 is 0 Å². The van der Waals surface area contributed by atoms with Crippen molar-refractivity contribution in [1.82, 2.24) is 10.3 Å². The van der Waals surface area contributed by atoms with Gasteiger partial charge in [-0.25, -0.2) is 4.98 Å². The SMILES string of the molecule is CC(NC(=O)c1csc(CN)n1)c1ccc(Cl)cc1. The van der Waals surface area contributed by atoms with Crippen LogP contribution in [0.5, 0.6) is 0 Å². The minimum absolute atomic E-state index is 0.104. The molecule has 6 heteroatoms. The molecular formula is C13H14ClN3OS. The first-order chi connectivity index (χ1) is 9.10. The molecule has 19 heavy (non-hydrogen) atoms. The number of hydrogen-bond acceptors (Lipinski definition) is 4. The van der Waals surface area contributed by atoms with Crippen LogP contribution in [0.4, 0.5) is 0 Å². The lowest BCUT2D eigenvalue weighted by Gasteiger charge is -2.13. The van der Waals surface area contributed by atoms with Gasteiger partial charge in [0.1, 0.15) is 10.7 Å². The topological polar surface area (TPSA) is 68.0 Å². The van der Waals surface area contributed by atoms with Crippen LogP contribution in [0.1, 0.15) is 34.0 Å². The van der Waals surface area contributed by atoms with E-state index < -0.39 is 0 Å². The highest BCUT2D eigenvalue weighted by Crippen LogP contribution is 2.17. The van der Waals surface area contributed by atoms with E-state index >= 15 is 0 Å². The molecule has 0 aliphatic carbocycles. The summed E-state index contributed by atoms with van der Waals surface area (Å²) >= 11 is 7.22. The average molecular weight is 296 g/mol. The molecule has 3 N–H and O–H groups in total. The average Bonchev–Trinajstić information content (AvgIpc) is 2.88. The maximum absolute atomic E-state index is 12.0. The molecular weight excluding hydrogens is 282 g/mol. The molecule has 1 aromatic heterocycles. The monoisotopic (exact) mass is 295 g/mol. The van der Waals surface area contributed by atoms with Crippen molar-refractivity contribution >= 4 is 28.8 Å². The zero-order valence-electron chi connectivity index (χ0n) is 10.4. The molecule has 1 atom stereocenters. The fourth-order valence-electron chi connectivity index (χ4n) is 1.61. The van der Waals surface area contributed by atoms with Gasteiger partial charge in [-0.2, -0.15) is 0 Å². The lowest BCUT2D eigenvalue weighted by molar-refractivity contribution is 0.0935. The second-order valence-electron chi connectivity index (χ2n) is 4.08. The molecule has 4 nitrogen and oxygen atoms in total. The van der Waals surface area contributed by atoms with Crippen LogP contribution in [0.3, 0.4) is 0 Å². The fraction of sp³-hybridized carbons (Fsp3) is 0.231. The molecule has 0 aliphatic rings. The highest BCUT2D eigenvalue weighted by Gasteiger charge is 2.14. The number of hydrogen-bond donors (Lipinski definition) is 2. The van der Waals surface area contributed by atoms with Gasteiger partial charge in [-0.05, 0) is 24.6 Å². The number of halogens is 1. The Morgan fingerprint density at radius 1 is 1.47 bits per heavy atom. The van der Waals surface area contributed by atoms with E-state index in [4.69, 9.17) is 17.3 Å². The second-order valence-corrected chi connectivity index (χ2v) is 5.46. The van der Waals surface area contributed by atoms with Gasteiger partial charge in [0.15, 0.2) is 0 Å². The maximum atomic E-state index is 12.0. The third-order valence-electron chi connectivity index (χ3n) is 2.68. The van der Waals surface area contributed by atoms with Crippen molar-refractivity contribution in [2.75, 3.05) is 0 Å². The molecule has 0 saturated heterocycles. The number of amides is 1. The number of carbonyl (C=O) groups excluding carboxylic acids is 1. The molecule has 1 amide bonds. The highest BCUT2D eigenvalue weighted by molar-refractivity contribution is 7.09. The maximum Gasteiger partial charge on any atom is 0.271 e. The van der Waals surface area contributed by atoms with E-state index in [0.29, 0.717) is 17.3 Å². The summed E-state index contributed by atoms with van der Waals surface area (Å²) in [5.74, 6) is -0.196. The van der Waals surface area contributed by atoms with Crippen molar-refractivity contribution in [2.45, 2.75) is 19.5 Å². The molecule has 1 aromatic carbocycles. The Morgan fingerprint density at radius 2 is 2.16 bits per heavy atom. The van der Waals surface area contributed by atoms with Crippen LogP contribution in [0.25, 0.3) is 0 Å². The van der Waals surface area contributed by atoms with E-state index in [2.05, 4.69) is 10.3 Å². The molecule has 1 unspecified atom stereocenters. The van der Waals surface area contributed by atoms with Crippen molar-refractivity contribution in [2.24, 2.45) is 5.73 Å². The fourth-order valence-corrected chi connectivity index (χ4v) is 2.39. The summed E-state index contributed by atoms with van der Waals surface area (Å²) in [5, 5.41) is 6.03. The molecule has 0 aliphatic heterocycles. The van der Waals surface area contributed by atoms with Crippen LogP contribution in [0.15, 0.2) is 29.6 Å². The molecule has 0 fully saturated rings. The van der Waals surface area contributed by atoms with Gasteiger partial charge in [0, 0.05) is 16.9 Å². The number of benzene rings is 1. The predicted molar refractivity (Wildman–Crippen MR) is 77.3 cm³/mol. The molecule has 1 heterocycles. The number of nitrogens with zero attached hydrogens (tertiary/aromatic N) is 1. The highest BCUT2D eigenvalue weighted by atomic mass is 35.5. The largest absolute Gasteiger partial charge is 0.344 e. The van der Waals surface area contributed by atoms with Crippen LogP contribution in [-0.2, 0) is 6.54 Å². The molecule has 0 radical (unpaired) electrons. The van der Waals surface area contributed by atoms with Gasteiger partial charge in [0.2, 0.25) is 0 Å². The quantitative estimate of drug-likeness (QED) is 0.911. The first kappa shape index (κ1) is 14.0. The van der Waals surface area contributed by atoms with Crippen molar-refractivity contribution in [1.29, 1.82) is 0 Å². The van der Waals surface area contributed by atoms with E-state index in [-0.39, 0.29) is 11.9 Å². The van der Waals surface area contributed by atoms with Gasteiger partial charge in [-0.15, -0.1) is 11.3 Å². The summed E-state index contributed by atoms with van der Waals surface area (Å²) in [6.07, 6.45) is 0. The van der Waals surface area contributed by atoms with E-state index in [1.165, 1.54) is 11.3 Å². The van der Waals surface area contributed by atoms with E-state index in [9.17, 15) is 4.79 Å². The van der Waals surface area contributed by atoms with Crippen molar-refractivity contribution < 1.29 is 4.79 Å². The Bertz CT molecular complexity index is 568. The third kappa shape index (κ3) is 3.53.